The number of nitrogens with zero attached hydrogens (tertiary/aromatic N) is 1. The van der Waals surface area contributed by atoms with Gasteiger partial charge in [-0.3, -0.25) is 19.2 Å². The maximum absolute atomic E-state index is 13.8. The van der Waals surface area contributed by atoms with Gasteiger partial charge in [0.2, 0.25) is 11.8 Å². The summed E-state index contributed by atoms with van der Waals surface area (Å²) in [6.45, 7) is -0.638. The standard InChI is InChI=1S/C30H19F6N3O5S2/c31-29(32,33)16-5-1-3-7-18(16)37-20(40)13-44-15-11-9-14(10-12-15)21-22-24(45-25-23(21)46-28(43)38-25)27(42)39(26(22)41)19-8-4-2-6-17(19)30(34,35)36/h1-12,21-22,24H,13H2,(H,37,40)(H,38,43). The zero-order valence-corrected chi connectivity index (χ0v) is 24.6. The van der Waals surface area contributed by atoms with Crippen molar-refractivity contribution >= 4 is 52.2 Å². The fourth-order valence-electron chi connectivity index (χ4n) is 5.47. The molecule has 0 bridgehead atoms. The van der Waals surface area contributed by atoms with Crippen LogP contribution in [0.1, 0.15) is 27.5 Å². The third kappa shape index (κ3) is 5.77. The predicted molar refractivity (Wildman–Crippen MR) is 156 cm³/mol. The lowest BCUT2D eigenvalue weighted by atomic mass is 9.83. The van der Waals surface area contributed by atoms with Crippen molar-refractivity contribution < 1.29 is 45.5 Å². The van der Waals surface area contributed by atoms with E-state index in [0.717, 1.165) is 53.4 Å². The second kappa shape index (κ2) is 11.7. The maximum Gasteiger partial charge on any atom is 0.418 e. The first-order valence-corrected chi connectivity index (χ1v) is 15.1. The quantitative estimate of drug-likeness (QED) is 0.183. The summed E-state index contributed by atoms with van der Waals surface area (Å²) < 4.78 is 86.7. The summed E-state index contributed by atoms with van der Waals surface area (Å²) in [5, 5.41) is 1.36. The van der Waals surface area contributed by atoms with Crippen LogP contribution in [-0.2, 0) is 26.7 Å². The number of aromatic nitrogens is 1. The van der Waals surface area contributed by atoms with Crippen LogP contribution < -0.4 is 19.8 Å². The number of hydrogen-bond donors (Lipinski definition) is 2. The van der Waals surface area contributed by atoms with E-state index in [9.17, 15) is 45.5 Å². The van der Waals surface area contributed by atoms with Crippen molar-refractivity contribution in [2.24, 2.45) is 5.92 Å². The number of halogens is 6. The van der Waals surface area contributed by atoms with E-state index in [4.69, 9.17) is 4.74 Å². The summed E-state index contributed by atoms with van der Waals surface area (Å²) in [7, 11) is 0. The molecule has 1 aromatic heterocycles. The molecule has 2 aliphatic heterocycles. The van der Waals surface area contributed by atoms with Gasteiger partial charge in [0, 0.05) is 10.8 Å². The molecule has 0 spiro atoms. The molecule has 8 nitrogen and oxygen atoms in total. The molecule has 3 atom stereocenters. The van der Waals surface area contributed by atoms with Crippen molar-refractivity contribution in [3.63, 3.8) is 0 Å². The monoisotopic (exact) mass is 679 g/mol. The minimum absolute atomic E-state index is 0.141. The molecule has 3 amide bonds. The number of thioether (sulfide) groups is 1. The molecule has 3 aromatic carbocycles. The van der Waals surface area contributed by atoms with Crippen molar-refractivity contribution in [2.45, 2.75) is 28.5 Å². The number of fused-ring (bicyclic) bond motifs is 2. The highest BCUT2D eigenvalue weighted by Gasteiger charge is 2.57. The average Bonchev–Trinajstić information content (AvgIpc) is 3.49. The number of imide groups is 1. The van der Waals surface area contributed by atoms with E-state index in [2.05, 4.69) is 10.3 Å². The van der Waals surface area contributed by atoms with E-state index in [1.54, 1.807) is 0 Å². The van der Waals surface area contributed by atoms with Crippen LogP contribution in [0.4, 0.5) is 37.7 Å². The first kappa shape index (κ1) is 31.4. The van der Waals surface area contributed by atoms with Gasteiger partial charge in [0.25, 0.3) is 5.91 Å². The molecule has 0 radical (unpaired) electrons. The lowest BCUT2D eigenvalue weighted by Gasteiger charge is -2.29. The van der Waals surface area contributed by atoms with Gasteiger partial charge in [0.15, 0.2) is 6.61 Å². The number of rotatable bonds is 6. The fraction of sp³-hybridized carbons (Fsp3) is 0.200. The van der Waals surface area contributed by atoms with Gasteiger partial charge in [-0.1, -0.05) is 59.5 Å². The minimum Gasteiger partial charge on any atom is -0.484 e. The summed E-state index contributed by atoms with van der Waals surface area (Å²) in [6.07, 6.45) is -9.52. The molecule has 3 heterocycles. The lowest BCUT2D eigenvalue weighted by molar-refractivity contribution is -0.138. The van der Waals surface area contributed by atoms with Crippen LogP contribution in [0.25, 0.3) is 0 Å². The van der Waals surface area contributed by atoms with Crippen molar-refractivity contribution in [3.8, 4) is 5.75 Å². The number of thiazole rings is 1. The number of carbonyl (C=O) groups is 3. The molecule has 6 rings (SSSR count). The molecule has 2 aliphatic rings. The number of hydrogen-bond acceptors (Lipinski definition) is 7. The van der Waals surface area contributed by atoms with Crippen LogP contribution in [-0.4, -0.2) is 34.6 Å². The van der Waals surface area contributed by atoms with Gasteiger partial charge in [0.05, 0.1) is 33.4 Å². The smallest absolute Gasteiger partial charge is 0.418 e. The molecular formula is C30H19F6N3O5S2. The molecule has 4 aromatic rings. The molecule has 0 aliphatic carbocycles. The summed E-state index contributed by atoms with van der Waals surface area (Å²) in [6, 6.07) is 14.6. The van der Waals surface area contributed by atoms with Crippen LogP contribution in [0.5, 0.6) is 5.75 Å². The topological polar surface area (TPSA) is 109 Å². The first-order valence-electron chi connectivity index (χ1n) is 13.4. The third-order valence-electron chi connectivity index (χ3n) is 7.39. The molecule has 1 fully saturated rings. The number of nitrogens with one attached hydrogen (secondary N) is 2. The number of ether oxygens (including phenoxy) is 1. The number of benzene rings is 3. The second-order valence-electron chi connectivity index (χ2n) is 10.2. The Morgan fingerprint density at radius 3 is 2.15 bits per heavy atom. The molecule has 1 saturated heterocycles. The van der Waals surface area contributed by atoms with Crippen molar-refractivity contribution in [1.29, 1.82) is 0 Å². The van der Waals surface area contributed by atoms with Gasteiger partial charge in [-0.2, -0.15) is 26.3 Å². The van der Waals surface area contributed by atoms with E-state index in [0.29, 0.717) is 20.4 Å². The van der Waals surface area contributed by atoms with E-state index in [-0.39, 0.29) is 5.75 Å². The summed E-state index contributed by atoms with van der Waals surface area (Å²) >= 11 is 1.72. The molecule has 238 valence electrons. The highest BCUT2D eigenvalue weighted by atomic mass is 32.2. The number of carbonyl (C=O) groups excluding carboxylic acids is 3. The number of aromatic amines is 1. The number of para-hydroxylation sites is 2. The number of alkyl halides is 6. The summed E-state index contributed by atoms with van der Waals surface area (Å²) in [4.78, 5) is 55.2. The van der Waals surface area contributed by atoms with Crippen LogP contribution in [0, 0.1) is 5.92 Å². The van der Waals surface area contributed by atoms with Gasteiger partial charge < -0.3 is 15.0 Å². The zero-order valence-electron chi connectivity index (χ0n) is 22.9. The molecular weight excluding hydrogens is 660 g/mol. The van der Waals surface area contributed by atoms with Crippen LogP contribution in [0.2, 0.25) is 0 Å². The van der Waals surface area contributed by atoms with Gasteiger partial charge in [-0.15, -0.1) is 0 Å². The van der Waals surface area contributed by atoms with Crippen LogP contribution >= 0.6 is 23.1 Å². The molecule has 0 saturated carbocycles. The van der Waals surface area contributed by atoms with Crippen molar-refractivity contribution in [1.82, 2.24) is 4.98 Å². The van der Waals surface area contributed by atoms with Crippen LogP contribution in [0.3, 0.4) is 0 Å². The summed E-state index contributed by atoms with van der Waals surface area (Å²) in [5.74, 6) is -4.46. The van der Waals surface area contributed by atoms with E-state index >= 15 is 0 Å². The first-order chi connectivity index (χ1) is 21.7. The van der Waals surface area contributed by atoms with E-state index in [1.807, 2.05) is 0 Å². The SMILES string of the molecule is O=C(COc1ccc(C2c3sc(=O)[nH]c3SC3C(=O)N(c4ccccc4C(F)(F)F)C(=O)C32)cc1)Nc1ccccc1C(F)(F)F. The Hall–Kier alpha value is -4.57. The average molecular weight is 680 g/mol. The van der Waals surface area contributed by atoms with Gasteiger partial charge >= 0.3 is 17.2 Å². The Bertz CT molecular complexity index is 1900. The molecule has 2 N–H and O–H groups in total. The Morgan fingerprint density at radius 2 is 1.48 bits per heavy atom. The zero-order chi connectivity index (χ0) is 33.0. The third-order valence-corrected chi connectivity index (χ3v) is 9.79. The van der Waals surface area contributed by atoms with Gasteiger partial charge in [-0.05, 0) is 42.0 Å². The number of H-pyrrole nitrogens is 1. The predicted octanol–water partition coefficient (Wildman–Crippen LogP) is 6.29. The van der Waals surface area contributed by atoms with Crippen molar-refractivity contribution in [3.05, 3.63) is 104 Å². The normalized spacial score (nSPS) is 19.5. The maximum atomic E-state index is 13.8. The van der Waals surface area contributed by atoms with E-state index < -0.39 is 81.1 Å². The Kier molecular flexibility index (Phi) is 7.96. The Morgan fingerprint density at radius 1 is 0.848 bits per heavy atom. The van der Waals surface area contributed by atoms with Crippen LogP contribution in [0.15, 0.2) is 82.6 Å². The Labute approximate surface area is 263 Å². The summed E-state index contributed by atoms with van der Waals surface area (Å²) in [5.41, 5.74) is -2.76. The molecule has 16 heteroatoms. The number of amides is 3. The fourth-order valence-corrected chi connectivity index (χ4v) is 7.98. The molecule has 3 unspecified atom stereocenters. The van der Waals surface area contributed by atoms with E-state index in [1.165, 1.54) is 42.5 Å². The minimum atomic E-state index is -4.84. The second-order valence-corrected chi connectivity index (χ2v) is 12.4. The van der Waals surface area contributed by atoms with Gasteiger partial charge in [-0.25, -0.2) is 4.90 Å². The highest BCUT2D eigenvalue weighted by molar-refractivity contribution is 8.00. The number of anilines is 2. The largest absolute Gasteiger partial charge is 0.484 e. The lowest BCUT2D eigenvalue weighted by Crippen LogP contribution is -2.33. The Balaban J connectivity index is 1.25. The highest BCUT2D eigenvalue weighted by Crippen LogP contribution is 2.54. The van der Waals surface area contributed by atoms with Crippen molar-refractivity contribution in [2.75, 3.05) is 16.8 Å². The van der Waals surface area contributed by atoms with Gasteiger partial charge in [0.1, 0.15) is 11.0 Å². The molecule has 46 heavy (non-hydrogen) atoms.